The van der Waals surface area contributed by atoms with Crippen LogP contribution in [-0.2, 0) is 0 Å². The predicted molar refractivity (Wildman–Crippen MR) is 79.1 cm³/mol. The lowest BCUT2D eigenvalue weighted by Crippen LogP contribution is -2.42. The van der Waals surface area contributed by atoms with Gasteiger partial charge in [0.1, 0.15) is 0 Å². The number of carbonyl (C=O) groups excluding carboxylic acids is 1. The first-order valence-corrected chi connectivity index (χ1v) is 7.65. The molecule has 19 heavy (non-hydrogen) atoms. The third-order valence-corrected chi connectivity index (χ3v) is 4.42. The Labute approximate surface area is 122 Å². The average Bonchev–Trinajstić information content (AvgIpc) is 2.62. The van der Waals surface area contributed by atoms with Crippen LogP contribution < -0.4 is 5.32 Å². The number of hydrogen-bond acceptors (Lipinski definition) is 2. The van der Waals surface area contributed by atoms with Crippen LogP contribution in [0.1, 0.15) is 48.9 Å². The van der Waals surface area contributed by atoms with Gasteiger partial charge in [0, 0.05) is 11.0 Å². The smallest absolute Gasteiger partial charge is 0.252 e. The van der Waals surface area contributed by atoms with Crippen LogP contribution in [0.15, 0.2) is 28.7 Å². The van der Waals surface area contributed by atoms with Crippen LogP contribution in [0.5, 0.6) is 0 Å². The molecular formula is C15H20BrNO2. The first kappa shape index (κ1) is 14.5. The van der Waals surface area contributed by atoms with Gasteiger partial charge in [-0.1, -0.05) is 37.8 Å². The van der Waals surface area contributed by atoms with Gasteiger partial charge in [-0.3, -0.25) is 4.79 Å². The van der Waals surface area contributed by atoms with E-state index in [0.717, 1.165) is 30.2 Å². The largest absolute Gasteiger partial charge is 0.388 e. The van der Waals surface area contributed by atoms with Crippen LogP contribution in [0.2, 0.25) is 0 Å². The van der Waals surface area contributed by atoms with Crippen LogP contribution in [0.3, 0.4) is 0 Å². The van der Waals surface area contributed by atoms with E-state index in [4.69, 9.17) is 0 Å². The topological polar surface area (TPSA) is 49.3 Å². The zero-order valence-electron chi connectivity index (χ0n) is 11.0. The van der Waals surface area contributed by atoms with Gasteiger partial charge < -0.3 is 10.4 Å². The Kier molecular flexibility index (Phi) is 4.99. The van der Waals surface area contributed by atoms with Crippen LogP contribution in [-0.4, -0.2) is 23.2 Å². The molecule has 2 N–H and O–H groups in total. The molecule has 1 aromatic carbocycles. The summed E-state index contributed by atoms with van der Waals surface area (Å²) in [6, 6.07) is 7.32. The fraction of sp³-hybridized carbons (Fsp3) is 0.533. The number of rotatable bonds is 3. The quantitative estimate of drug-likeness (QED) is 0.838. The second-order valence-corrected chi connectivity index (χ2v) is 6.16. The van der Waals surface area contributed by atoms with E-state index in [9.17, 15) is 9.90 Å². The average molecular weight is 326 g/mol. The lowest BCUT2D eigenvalue weighted by Gasteiger charge is -2.26. The third kappa shape index (κ3) is 4.05. The maximum atomic E-state index is 12.1. The maximum absolute atomic E-state index is 12.1. The second kappa shape index (κ2) is 6.53. The molecule has 1 amide bonds. The highest BCUT2D eigenvalue weighted by atomic mass is 79.9. The van der Waals surface area contributed by atoms with Crippen molar-refractivity contribution in [1.82, 2.24) is 5.32 Å². The van der Waals surface area contributed by atoms with E-state index in [1.54, 1.807) is 6.07 Å². The van der Waals surface area contributed by atoms with Gasteiger partial charge in [0.15, 0.2) is 0 Å². The summed E-state index contributed by atoms with van der Waals surface area (Å²) in [5.41, 5.74) is -0.118. The molecule has 1 aliphatic rings. The zero-order valence-corrected chi connectivity index (χ0v) is 12.6. The van der Waals surface area contributed by atoms with E-state index in [1.807, 2.05) is 18.2 Å². The van der Waals surface area contributed by atoms with Crippen molar-refractivity contribution in [3.8, 4) is 0 Å². The second-order valence-electron chi connectivity index (χ2n) is 5.30. The fourth-order valence-corrected chi connectivity index (χ4v) is 3.01. The Morgan fingerprint density at radius 3 is 2.47 bits per heavy atom. The maximum Gasteiger partial charge on any atom is 0.252 e. The number of aliphatic hydroxyl groups is 1. The van der Waals surface area contributed by atoms with Gasteiger partial charge in [-0.15, -0.1) is 0 Å². The Balaban J connectivity index is 1.94. The molecule has 4 heteroatoms. The molecule has 2 rings (SSSR count). The minimum Gasteiger partial charge on any atom is -0.388 e. The lowest BCUT2D eigenvalue weighted by molar-refractivity contribution is 0.0246. The Bertz CT molecular complexity index is 440. The highest BCUT2D eigenvalue weighted by Crippen LogP contribution is 2.26. The highest BCUT2D eigenvalue weighted by Gasteiger charge is 2.28. The Morgan fingerprint density at radius 1 is 1.21 bits per heavy atom. The summed E-state index contributed by atoms with van der Waals surface area (Å²) in [4.78, 5) is 12.1. The molecule has 0 saturated heterocycles. The van der Waals surface area contributed by atoms with Crippen LogP contribution in [0, 0.1) is 0 Å². The molecule has 1 fully saturated rings. The first-order chi connectivity index (χ1) is 9.11. The van der Waals surface area contributed by atoms with Crippen molar-refractivity contribution in [3.05, 3.63) is 34.3 Å². The molecule has 0 unspecified atom stereocenters. The summed E-state index contributed by atoms with van der Waals surface area (Å²) >= 11 is 3.37. The lowest BCUT2D eigenvalue weighted by atomic mass is 9.94. The Morgan fingerprint density at radius 2 is 1.84 bits per heavy atom. The van der Waals surface area contributed by atoms with Crippen molar-refractivity contribution in [3.63, 3.8) is 0 Å². The number of hydrogen-bond donors (Lipinski definition) is 2. The molecular weight excluding hydrogens is 306 g/mol. The van der Waals surface area contributed by atoms with Gasteiger partial charge in [0.2, 0.25) is 0 Å². The van der Waals surface area contributed by atoms with E-state index in [1.165, 1.54) is 12.8 Å². The summed E-state index contributed by atoms with van der Waals surface area (Å²) in [5.74, 6) is -0.134. The highest BCUT2D eigenvalue weighted by molar-refractivity contribution is 9.10. The monoisotopic (exact) mass is 325 g/mol. The molecule has 0 aliphatic heterocycles. The van der Waals surface area contributed by atoms with Gasteiger partial charge in [0.05, 0.1) is 11.2 Å². The van der Waals surface area contributed by atoms with E-state index in [2.05, 4.69) is 21.2 Å². The molecule has 0 bridgehead atoms. The number of amides is 1. The fourth-order valence-electron chi connectivity index (χ4n) is 2.55. The minimum atomic E-state index is -0.729. The normalized spacial score (nSPS) is 18.6. The summed E-state index contributed by atoms with van der Waals surface area (Å²) in [5, 5.41) is 13.3. The molecule has 1 aliphatic carbocycles. The third-order valence-electron chi connectivity index (χ3n) is 3.73. The van der Waals surface area contributed by atoms with Crippen molar-refractivity contribution < 1.29 is 9.90 Å². The van der Waals surface area contributed by atoms with E-state index in [0.29, 0.717) is 12.1 Å². The number of halogens is 1. The number of nitrogens with one attached hydrogen (secondary N) is 1. The van der Waals surface area contributed by atoms with Crippen LogP contribution >= 0.6 is 15.9 Å². The van der Waals surface area contributed by atoms with Crippen molar-refractivity contribution >= 4 is 21.8 Å². The van der Waals surface area contributed by atoms with Crippen molar-refractivity contribution in [2.24, 2.45) is 0 Å². The van der Waals surface area contributed by atoms with Gasteiger partial charge in [0.25, 0.3) is 5.91 Å². The van der Waals surface area contributed by atoms with Gasteiger partial charge in [-0.25, -0.2) is 0 Å². The molecule has 0 heterocycles. The Hall–Kier alpha value is -0.870. The molecule has 0 spiro atoms. The predicted octanol–water partition coefficient (Wildman–Crippen LogP) is 3.26. The van der Waals surface area contributed by atoms with Crippen LogP contribution in [0.25, 0.3) is 0 Å². The minimum absolute atomic E-state index is 0.134. The van der Waals surface area contributed by atoms with E-state index < -0.39 is 5.60 Å². The van der Waals surface area contributed by atoms with Gasteiger partial charge >= 0.3 is 0 Å². The summed E-state index contributed by atoms with van der Waals surface area (Å²) < 4.78 is 0.778. The van der Waals surface area contributed by atoms with E-state index in [-0.39, 0.29) is 5.91 Å². The first-order valence-electron chi connectivity index (χ1n) is 6.86. The molecule has 1 aromatic rings. The molecule has 104 valence electrons. The number of benzene rings is 1. The molecule has 3 nitrogen and oxygen atoms in total. The number of carbonyl (C=O) groups is 1. The SMILES string of the molecule is O=C(NCC1(O)CCCCCC1)c1ccccc1Br. The zero-order chi connectivity index (χ0) is 13.7. The van der Waals surface area contributed by atoms with Crippen molar-refractivity contribution in [2.45, 2.75) is 44.1 Å². The van der Waals surface area contributed by atoms with Crippen molar-refractivity contribution in [2.75, 3.05) is 6.54 Å². The standard InChI is InChI=1S/C15H20BrNO2/c16-13-8-4-3-7-12(13)14(18)17-11-15(19)9-5-1-2-6-10-15/h3-4,7-8,19H,1-2,5-6,9-11H2,(H,17,18). The molecule has 0 radical (unpaired) electrons. The molecule has 0 atom stereocenters. The van der Waals surface area contributed by atoms with Crippen LogP contribution in [0.4, 0.5) is 0 Å². The van der Waals surface area contributed by atoms with E-state index >= 15 is 0 Å². The summed E-state index contributed by atoms with van der Waals surface area (Å²) in [7, 11) is 0. The summed E-state index contributed by atoms with van der Waals surface area (Å²) in [6.45, 7) is 0.340. The molecule has 1 saturated carbocycles. The molecule has 0 aromatic heterocycles. The van der Waals surface area contributed by atoms with Gasteiger partial charge in [-0.05, 0) is 40.9 Å². The summed E-state index contributed by atoms with van der Waals surface area (Å²) in [6.07, 6.45) is 6.01. The van der Waals surface area contributed by atoms with Gasteiger partial charge in [-0.2, -0.15) is 0 Å². The van der Waals surface area contributed by atoms with Crippen molar-refractivity contribution in [1.29, 1.82) is 0 Å².